The van der Waals surface area contributed by atoms with Crippen molar-refractivity contribution in [2.75, 3.05) is 18.1 Å². The zero-order valence-corrected chi connectivity index (χ0v) is 12.4. The van der Waals surface area contributed by atoms with Crippen molar-refractivity contribution in [1.82, 2.24) is 5.32 Å². The Morgan fingerprint density at radius 1 is 1.33 bits per heavy atom. The minimum atomic E-state index is -3.26. The normalized spacial score (nSPS) is 18.1. The second kappa shape index (κ2) is 7.31. The average molecular weight is 299 g/mol. The molecular weight excluding hydrogens is 276 g/mol. The largest absolute Gasteiger partial charge is 0.349 e. The summed E-state index contributed by atoms with van der Waals surface area (Å²) in [6, 6.07) is 0. The summed E-state index contributed by atoms with van der Waals surface area (Å²) in [5.41, 5.74) is 5.31. The Morgan fingerprint density at radius 3 is 2.33 bits per heavy atom. The van der Waals surface area contributed by atoms with Crippen molar-refractivity contribution in [2.45, 2.75) is 44.6 Å². The molecule has 1 amide bonds. The number of nitrogens with two attached hydrogens (primary N) is 1. The van der Waals surface area contributed by atoms with Crippen LogP contribution in [0.5, 0.6) is 0 Å². The maximum absolute atomic E-state index is 11.7. The third kappa shape index (κ3) is 5.12. The predicted molar refractivity (Wildman–Crippen MR) is 74.6 cm³/mol. The first-order chi connectivity index (χ1) is 7.93. The fraction of sp³-hybridized carbons (Fsp3) is 0.909. The molecule has 1 rings (SSSR count). The fourth-order valence-electron chi connectivity index (χ4n) is 2.35. The molecule has 3 N–H and O–H groups in total. The highest BCUT2D eigenvalue weighted by molar-refractivity contribution is 7.92. The van der Waals surface area contributed by atoms with Crippen LogP contribution >= 0.6 is 12.4 Å². The van der Waals surface area contributed by atoms with Crippen molar-refractivity contribution in [1.29, 1.82) is 0 Å². The Hall–Kier alpha value is -0.330. The zero-order chi connectivity index (χ0) is 12.9. The number of sulfone groups is 1. The van der Waals surface area contributed by atoms with E-state index in [0.29, 0.717) is 13.0 Å². The second-order valence-corrected chi connectivity index (χ2v) is 7.02. The maximum atomic E-state index is 11.7. The number of nitrogens with one attached hydrogen (secondary N) is 1. The summed E-state index contributed by atoms with van der Waals surface area (Å²) < 4.78 is 23.0. The third-order valence-electron chi connectivity index (χ3n) is 3.22. The molecule has 0 aliphatic heterocycles. The molecule has 1 saturated carbocycles. The van der Waals surface area contributed by atoms with Crippen molar-refractivity contribution in [2.24, 2.45) is 5.73 Å². The van der Waals surface area contributed by atoms with Crippen molar-refractivity contribution in [3.05, 3.63) is 0 Å². The number of amides is 1. The zero-order valence-electron chi connectivity index (χ0n) is 10.8. The Morgan fingerprint density at radius 2 is 1.89 bits per heavy atom. The molecular formula is C11H23ClN2O3S. The number of rotatable bonds is 6. The topological polar surface area (TPSA) is 89.3 Å². The van der Waals surface area contributed by atoms with Crippen LogP contribution in [0.3, 0.4) is 0 Å². The molecule has 0 radical (unpaired) electrons. The first-order valence-corrected chi connectivity index (χ1v) is 7.97. The van der Waals surface area contributed by atoms with Gasteiger partial charge >= 0.3 is 0 Å². The molecule has 18 heavy (non-hydrogen) atoms. The van der Waals surface area contributed by atoms with Crippen molar-refractivity contribution >= 4 is 28.2 Å². The molecule has 0 aromatic carbocycles. The van der Waals surface area contributed by atoms with Crippen LogP contribution in [0.1, 0.15) is 39.0 Å². The summed E-state index contributed by atoms with van der Waals surface area (Å²) in [4.78, 5) is 11.7. The van der Waals surface area contributed by atoms with Crippen LogP contribution in [0, 0.1) is 0 Å². The second-order valence-electron chi connectivity index (χ2n) is 4.83. The highest BCUT2D eigenvalue weighted by atomic mass is 35.5. The highest BCUT2D eigenvalue weighted by Crippen LogP contribution is 2.28. The lowest BCUT2D eigenvalue weighted by atomic mass is 9.98. The van der Waals surface area contributed by atoms with Crippen LogP contribution in [-0.2, 0) is 14.6 Å². The minimum absolute atomic E-state index is 0. The van der Waals surface area contributed by atoms with Gasteiger partial charge in [-0.05, 0) is 19.3 Å². The van der Waals surface area contributed by atoms with E-state index >= 15 is 0 Å². The van der Waals surface area contributed by atoms with E-state index in [9.17, 15) is 13.2 Å². The molecule has 0 unspecified atom stereocenters. The summed E-state index contributed by atoms with van der Waals surface area (Å²) in [5.74, 6) is -0.760. The minimum Gasteiger partial charge on any atom is -0.349 e. The quantitative estimate of drug-likeness (QED) is 0.752. The van der Waals surface area contributed by atoms with E-state index in [1.807, 2.05) is 0 Å². The van der Waals surface area contributed by atoms with Crippen LogP contribution in [-0.4, -0.2) is 37.9 Å². The van der Waals surface area contributed by atoms with Gasteiger partial charge in [-0.15, -0.1) is 12.4 Å². The lowest BCUT2D eigenvalue weighted by Crippen LogP contribution is -2.53. The summed E-state index contributed by atoms with van der Waals surface area (Å²) in [6.07, 6.45) is 4.32. The van der Waals surface area contributed by atoms with Crippen LogP contribution in [0.2, 0.25) is 0 Å². The van der Waals surface area contributed by atoms with Crippen LogP contribution < -0.4 is 11.1 Å². The molecule has 5 nitrogen and oxygen atoms in total. The first kappa shape index (κ1) is 17.7. The van der Waals surface area contributed by atoms with Gasteiger partial charge in [0.2, 0.25) is 5.91 Å². The van der Waals surface area contributed by atoms with E-state index in [1.165, 1.54) is 0 Å². The van der Waals surface area contributed by atoms with Gasteiger partial charge in [-0.25, -0.2) is 8.42 Å². The van der Waals surface area contributed by atoms with E-state index in [-0.39, 0.29) is 23.7 Å². The summed E-state index contributed by atoms with van der Waals surface area (Å²) in [5, 5.41) is 2.81. The summed E-state index contributed by atoms with van der Waals surface area (Å²) >= 11 is 0. The summed E-state index contributed by atoms with van der Waals surface area (Å²) in [6.45, 7) is 2.17. The van der Waals surface area contributed by atoms with E-state index in [4.69, 9.17) is 5.73 Å². The van der Waals surface area contributed by atoms with Gasteiger partial charge in [0, 0.05) is 6.54 Å². The van der Waals surface area contributed by atoms with Gasteiger partial charge in [-0.2, -0.15) is 0 Å². The average Bonchev–Trinajstić information content (AvgIpc) is 2.65. The van der Waals surface area contributed by atoms with E-state index in [1.54, 1.807) is 6.92 Å². The molecule has 7 heteroatoms. The monoisotopic (exact) mass is 298 g/mol. The molecule has 1 fully saturated rings. The van der Waals surface area contributed by atoms with E-state index in [2.05, 4.69) is 5.32 Å². The molecule has 1 aliphatic rings. The van der Waals surface area contributed by atoms with Gasteiger partial charge in [0.15, 0.2) is 9.84 Å². The SMILES string of the molecule is CCCS(=O)(=O)CC(=O)NC1(CN)CCCC1.Cl. The Labute approximate surface area is 115 Å². The smallest absolute Gasteiger partial charge is 0.235 e. The van der Waals surface area contributed by atoms with Crippen LogP contribution in [0.15, 0.2) is 0 Å². The maximum Gasteiger partial charge on any atom is 0.235 e. The van der Waals surface area contributed by atoms with Crippen molar-refractivity contribution < 1.29 is 13.2 Å². The Bertz CT molecular complexity index is 364. The van der Waals surface area contributed by atoms with Gasteiger partial charge in [-0.1, -0.05) is 19.8 Å². The molecule has 0 heterocycles. The molecule has 0 aromatic heterocycles. The molecule has 1 aliphatic carbocycles. The molecule has 108 valence electrons. The standard InChI is InChI=1S/C11H22N2O3S.ClH/c1-2-7-17(15,16)8-10(14)13-11(9-12)5-3-4-6-11;/h2-9,12H2,1H3,(H,13,14);1H. The molecule has 0 spiro atoms. The molecule has 0 aromatic rings. The molecule has 0 bridgehead atoms. The van der Waals surface area contributed by atoms with Gasteiger partial charge in [-0.3, -0.25) is 4.79 Å². The summed E-state index contributed by atoms with van der Waals surface area (Å²) in [7, 11) is -3.26. The lowest BCUT2D eigenvalue weighted by molar-refractivity contribution is -0.120. The number of carbonyl (C=O) groups is 1. The lowest BCUT2D eigenvalue weighted by Gasteiger charge is -2.28. The number of hydrogen-bond donors (Lipinski definition) is 2. The first-order valence-electron chi connectivity index (χ1n) is 6.14. The van der Waals surface area contributed by atoms with E-state index in [0.717, 1.165) is 25.7 Å². The van der Waals surface area contributed by atoms with Crippen molar-refractivity contribution in [3.63, 3.8) is 0 Å². The van der Waals surface area contributed by atoms with Gasteiger partial charge in [0.1, 0.15) is 5.75 Å². The van der Waals surface area contributed by atoms with Crippen molar-refractivity contribution in [3.8, 4) is 0 Å². The van der Waals surface area contributed by atoms with Gasteiger partial charge in [0.05, 0.1) is 11.3 Å². The Kier molecular flexibility index (Phi) is 7.17. The van der Waals surface area contributed by atoms with Gasteiger partial charge in [0.25, 0.3) is 0 Å². The molecule has 0 saturated heterocycles. The fourth-order valence-corrected chi connectivity index (χ4v) is 3.58. The van der Waals surface area contributed by atoms with E-state index < -0.39 is 21.5 Å². The van der Waals surface area contributed by atoms with Gasteiger partial charge < -0.3 is 11.1 Å². The molecule has 0 atom stereocenters. The number of hydrogen-bond acceptors (Lipinski definition) is 4. The number of carbonyl (C=O) groups excluding carboxylic acids is 1. The van der Waals surface area contributed by atoms with Crippen LogP contribution in [0.4, 0.5) is 0 Å². The van der Waals surface area contributed by atoms with Crippen LogP contribution in [0.25, 0.3) is 0 Å². The predicted octanol–water partition coefficient (Wildman–Crippen LogP) is 0.621. The third-order valence-corrected chi connectivity index (χ3v) is 4.95. The number of halogens is 1. The Balaban J connectivity index is 0.00000289. The highest BCUT2D eigenvalue weighted by Gasteiger charge is 2.34.